The maximum atomic E-state index is 12.8. The molecule has 0 fully saturated rings. The van der Waals surface area contributed by atoms with Crippen LogP contribution in [0.1, 0.15) is 36.6 Å². The fourth-order valence-electron chi connectivity index (χ4n) is 4.88. The summed E-state index contributed by atoms with van der Waals surface area (Å²) in [5.41, 5.74) is 5.79. The Hall–Kier alpha value is -4.93. The first-order chi connectivity index (χ1) is 21.8. The molecular formula is C34H31ClN4O5S. The van der Waals surface area contributed by atoms with Crippen molar-refractivity contribution in [3.8, 4) is 11.5 Å². The average Bonchev–Trinajstić information content (AvgIpc) is 3.03. The van der Waals surface area contributed by atoms with Crippen LogP contribution in [0.15, 0.2) is 101 Å². The Labute approximate surface area is 271 Å². The van der Waals surface area contributed by atoms with Crippen LogP contribution < -0.4 is 25.5 Å². The van der Waals surface area contributed by atoms with Gasteiger partial charge in [0, 0.05) is 21.8 Å². The summed E-state index contributed by atoms with van der Waals surface area (Å²) in [6.45, 7) is 3.73. The molecule has 4 aromatic rings. The molecule has 0 aromatic heterocycles. The van der Waals surface area contributed by atoms with Gasteiger partial charge >= 0.3 is 5.97 Å². The van der Waals surface area contributed by atoms with Gasteiger partial charge in [-0.25, -0.2) is 10.2 Å². The minimum atomic E-state index is -0.632. The van der Waals surface area contributed by atoms with Gasteiger partial charge in [-0.3, -0.25) is 4.79 Å². The van der Waals surface area contributed by atoms with Crippen molar-refractivity contribution in [2.24, 2.45) is 5.10 Å². The Morgan fingerprint density at radius 3 is 2.53 bits per heavy atom. The molecule has 11 heteroatoms. The van der Waals surface area contributed by atoms with Gasteiger partial charge in [0.2, 0.25) is 0 Å². The van der Waals surface area contributed by atoms with Crippen molar-refractivity contribution in [3.63, 3.8) is 0 Å². The lowest BCUT2D eigenvalue weighted by Crippen LogP contribution is -2.45. The van der Waals surface area contributed by atoms with Gasteiger partial charge in [0.1, 0.15) is 18.1 Å². The first kappa shape index (κ1) is 31.5. The second-order valence-corrected chi connectivity index (χ2v) is 10.9. The van der Waals surface area contributed by atoms with Crippen LogP contribution in [0.4, 0.5) is 0 Å². The number of hydrogen-bond donors (Lipinski definition) is 3. The number of allylic oxidation sites excluding steroid dienone is 1. The average molecular weight is 643 g/mol. The van der Waals surface area contributed by atoms with Crippen molar-refractivity contribution in [2.45, 2.75) is 26.5 Å². The monoisotopic (exact) mass is 642 g/mol. The third-order valence-corrected chi connectivity index (χ3v) is 7.45. The fraction of sp³-hybridized carbons (Fsp3) is 0.176. The number of nitrogens with zero attached hydrogens (tertiary/aromatic N) is 1. The van der Waals surface area contributed by atoms with Gasteiger partial charge in [0.25, 0.3) is 5.91 Å². The summed E-state index contributed by atoms with van der Waals surface area (Å²) < 4.78 is 17.3. The van der Waals surface area contributed by atoms with E-state index in [1.807, 2.05) is 66.7 Å². The highest BCUT2D eigenvalue weighted by molar-refractivity contribution is 7.80. The van der Waals surface area contributed by atoms with Gasteiger partial charge in [-0.1, -0.05) is 72.3 Å². The summed E-state index contributed by atoms with van der Waals surface area (Å²) in [5, 5.41) is 13.2. The van der Waals surface area contributed by atoms with E-state index in [0.717, 1.165) is 21.9 Å². The minimum Gasteiger partial charge on any atom is -0.488 e. The SMILES string of the molecule is CCOC(=O)C1=C(C)NC(=S)N[C@H]1c1ccccc1OCC(=O)NN=Cc1c(OCc2ccc(Cl)cc2)ccc2ccccc12. The van der Waals surface area contributed by atoms with E-state index < -0.39 is 17.9 Å². The van der Waals surface area contributed by atoms with Crippen LogP contribution in [0.25, 0.3) is 10.8 Å². The number of fused-ring (bicyclic) bond motifs is 1. The summed E-state index contributed by atoms with van der Waals surface area (Å²) in [4.78, 5) is 25.6. The molecule has 0 radical (unpaired) electrons. The fourth-order valence-corrected chi connectivity index (χ4v) is 5.27. The number of esters is 1. The molecule has 0 unspecified atom stereocenters. The Morgan fingerprint density at radius 1 is 0.978 bits per heavy atom. The molecule has 0 saturated heterocycles. The summed E-state index contributed by atoms with van der Waals surface area (Å²) >= 11 is 11.4. The smallest absolute Gasteiger partial charge is 0.338 e. The lowest BCUT2D eigenvalue weighted by molar-refractivity contribution is -0.139. The molecule has 1 atom stereocenters. The van der Waals surface area contributed by atoms with E-state index in [1.165, 1.54) is 0 Å². The number of para-hydroxylation sites is 1. The van der Waals surface area contributed by atoms with Gasteiger partial charge in [0.05, 0.1) is 24.4 Å². The molecule has 3 N–H and O–H groups in total. The molecule has 0 saturated carbocycles. The molecule has 9 nitrogen and oxygen atoms in total. The number of hydrazone groups is 1. The van der Waals surface area contributed by atoms with Crippen LogP contribution in [-0.4, -0.2) is 36.4 Å². The second-order valence-electron chi connectivity index (χ2n) is 10.0. The van der Waals surface area contributed by atoms with Crippen LogP contribution in [0.2, 0.25) is 5.02 Å². The predicted molar refractivity (Wildman–Crippen MR) is 178 cm³/mol. The number of hydrogen-bond acceptors (Lipinski definition) is 7. The number of ether oxygens (including phenoxy) is 3. The largest absolute Gasteiger partial charge is 0.488 e. The number of carbonyl (C=O) groups is 2. The highest BCUT2D eigenvalue weighted by atomic mass is 35.5. The lowest BCUT2D eigenvalue weighted by Gasteiger charge is -2.30. The first-order valence-electron chi connectivity index (χ1n) is 14.2. The molecule has 1 heterocycles. The molecular weight excluding hydrogens is 612 g/mol. The van der Waals surface area contributed by atoms with Gasteiger partial charge in [0.15, 0.2) is 11.7 Å². The molecule has 230 valence electrons. The van der Waals surface area contributed by atoms with E-state index in [4.69, 9.17) is 38.0 Å². The Balaban J connectivity index is 1.29. The Kier molecular flexibility index (Phi) is 10.3. The van der Waals surface area contributed by atoms with E-state index in [1.54, 1.807) is 38.3 Å². The van der Waals surface area contributed by atoms with Crippen LogP contribution in [0.5, 0.6) is 11.5 Å². The van der Waals surface area contributed by atoms with Gasteiger partial charge in [-0.05, 0) is 66.7 Å². The molecule has 4 aromatic carbocycles. The van der Waals surface area contributed by atoms with Gasteiger partial charge in [-0.15, -0.1) is 0 Å². The summed E-state index contributed by atoms with van der Waals surface area (Å²) in [7, 11) is 0. The molecule has 45 heavy (non-hydrogen) atoms. The third kappa shape index (κ3) is 7.78. The zero-order valence-electron chi connectivity index (χ0n) is 24.6. The number of nitrogens with one attached hydrogen (secondary N) is 3. The van der Waals surface area contributed by atoms with Crippen LogP contribution >= 0.6 is 23.8 Å². The van der Waals surface area contributed by atoms with Crippen molar-refractivity contribution < 1.29 is 23.8 Å². The van der Waals surface area contributed by atoms with Crippen molar-refractivity contribution in [1.82, 2.24) is 16.1 Å². The zero-order valence-corrected chi connectivity index (χ0v) is 26.2. The molecule has 0 bridgehead atoms. The van der Waals surface area contributed by atoms with E-state index >= 15 is 0 Å². The molecule has 5 rings (SSSR count). The number of thiocarbonyl (C=S) groups is 1. The van der Waals surface area contributed by atoms with Crippen LogP contribution in [0, 0.1) is 0 Å². The van der Waals surface area contributed by atoms with Crippen molar-refractivity contribution >= 4 is 57.8 Å². The Bertz CT molecular complexity index is 1790. The van der Waals surface area contributed by atoms with Crippen molar-refractivity contribution in [1.29, 1.82) is 0 Å². The highest BCUT2D eigenvalue weighted by Gasteiger charge is 2.32. The molecule has 1 aliphatic rings. The lowest BCUT2D eigenvalue weighted by atomic mass is 9.95. The highest BCUT2D eigenvalue weighted by Crippen LogP contribution is 2.33. The summed E-state index contributed by atoms with van der Waals surface area (Å²) in [6.07, 6.45) is 1.56. The van der Waals surface area contributed by atoms with Crippen LogP contribution in [-0.2, 0) is 20.9 Å². The number of halogens is 1. The zero-order chi connectivity index (χ0) is 31.8. The molecule has 0 aliphatic carbocycles. The second kappa shape index (κ2) is 14.7. The number of amides is 1. The predicted octanol–water partition coefficient (Wildman–Crippen LogP) is 5.96. The number of rotatable bonds is 11. The maximum absolute atomic E-state index is 12.8. The van der Waals surface area contributed by atoms with Gasteiger partial charge in [-0.2, -0.15) is 5.10 Å². The molecule has 1 aliphatic heterocycles. The Morgan fingerprint density at radius 2 is 1.73 bits per heavy atom. The van der Waals surface area contributed by atoms with Crippen molar-refractivity contribution in [3.05, 3.63) is 118 Å². The molecule has 0 spiro atoms. The number of carbonyl (C=O) groups excluding carboxylic acids is 2. The van der Waals surface area contributed by atoms with E-state index in [2.05, 4.69) is 21.2 Å². The van der Waals surface area contributed by atoms with Crippen molar-refractivity contribution in [2.75, 3.05) is 13.2 Å². The van der Waals surface area contributed by atoms with Gasteiger partial charge < -0.3 is 24.8 Å². The minimum absolute atomic E-state index is 0.223. The quantitative estimate of drug-likeness (QED) is 0.0796. The summed E-state index contributed by atoms with van der Waals surface area (Å²) in [5.74, 6) is 0.0608. The maximum Gasteiger partial charge on any atom is 0.338 e. The standard InChI is InChI=1S/C34H31ClN4O5S/c1-3-42-33(41)31-21(2)37-34(45)38-32(31)26-10-6-7-11-28(26)44-20-30(40)39-36-18-27-25-9-5-4-8-23(25)14-17-29(27)43-19-22-12-15-24(35)16-13-22/h4-18,32H,3,19-20H2,1-2H3,(H,39,40)(H2,37,38,45)/t32-/m0/s1. The third-order valence-electron chi connectivity index (χ3n) is 6.97. The molecule has 1 amide bonds. The van der Waals surface area contributed by atoms with E-state index in [0.29, 0.717) is 45.1 Å². The summed E-state index contributed by atoms with van der Waals surface area (Å²) in [6, 6.07) is 25.6. The van der Waals surface area contributed by atoms with Crippen LogP contribution in [0.3, 0.4) is 0 Å². The van der Waals surface area contributed by atoms with E-state index in [9.17, 15) is 9.59 Å². The normalized spacial score (nSPS) is 14.6. The first-order valence-corrected chi connectivity index (χ1v) is 15.0. The topological polar surface area (TPSA) is 110 Å². The number of benzene rings is 4. The van der Waals surface area contributed by atoms with E-state index in [-0.39, 0.29) is 13.2 Å².